The first-order valence-corrected chi connectivity index (χ1v) is 6.65. The van der Waals surface area contributed by atoms with Crippen LogP contribution in [-0.4, -0.2) is 21.1 Å². The smallest absolute Gasteiger partial charge is 0.128 e. The molecule has 0 atom stereocenters. The Morgan fingerprint density at radius 3 is 2.93 bits per heavy atom. The summed E-state index contributed by atoms with van der Waals surface area (Å²) in [7, 11) is 0. The highest BCUT2D eigenvalue weighted by atomic mass is 35.5. The van der Waals surface area contributed by atoms with Crippen LogP contribution in [0.1, 0.15) is 31.5 Å². The molecule has 0 amide bonds. The van der Waals surface area contributed by atoms with E-state index in [-0.39, 0.29) is 0 Å². The SMILES string of the molecule is CCn1c(Cl)cnc1C1CCSCC1. The molecule has 2 nitrogen and oxygen atoms in total. The fourth-order valence-corrected chi connectivity index (χ4v) is 3.32. The van der Waals surface area contributed by atoms with Crippen LogP contribution < -0.4 is 0 Å². The molecule has 1 fully saturated rings. The lowest BCUT2D eigenvalue weighted by Crippen LogP contribution is -2.13. The van der Waals surface area contributed by atoms with E-state index in [0.29, 0.717) is 5.92 Å². The van der Waals surface area contributed by atoms with Crippen molar-refractivity contribution in [1.29, 1.82) is 0 Å². The van der Waals surface area contributed by atoms with E-state index in [9.17, 15) is 0 Å². The standard InChI is InChI=1S/C10H15ClN2S/c1-2-13-9(11)7-12-10(13)8-3-5-14-6-4-8/h7-8H,2-6H2,1H3. The molecule has 0 N–H and O–H groups in total. The molecule has 1 aromatic rings. The van der Waals surface area contributed by atoms with Crippen LogP contribution in [0.15, 0.2) is 6.20 Å². The first-order chi connectivity index (χ1) is 6.83. The highest BCUT2D eigenvalue weighted by Gasteiger charge is 2.20. The van der Waals surface area contributed by atoms with Gasteiger partial charge in [-0.25, -0.2) is 4.98 Å². The second kappa shape index (κ2) is 4.58. The van der Waals surface area contributed by atoms with E-state index in [0.717, 1.165) is 11.7 Å². The van der Waals surface area contributed by atoms with Gasteiger partial charge in [-0.3, -0.25) is 0 Å². The zero-order valence-corrected chi connectivity index (χ0v) is 9.94. The minimum atomic E-state index is 0.628. The summed E-state index contributed by atoms with van der Waals surface area (Å²) < 4.78 is 2.13. The molecular formula is C10H15ClN2S. The van der Waals surface area contributed by atoms with Crippen molar-refractivity contribution in [3.8, 4) is 0 Å². The highest BCUT2D eigenvalue weighted by molar-refractivity contribution is 7.99. The third-order valence-electron chi connectivity index (χ3n) is 2.74. The van der Waals surface area contributed by atoms with Crippen molar-refractivity contribution < 1.29 is 0 Å². The molecule has 0 aliphatic carbocycles. The molecule has 1 aliphatic heterocycles. The van der Waals surface area contributed by atoms with Crippen LogP contribution in [0.4, 0.5) is 0 Å². The van der Waals surface area contributed by atoms with Crippen LogP contribution in [0.5, 0.6) is 0 Å². The molecule has 1 aromatic heterocycles. The van der Waals surface area contributed by atoms with Crippen molar-refractivity contribution in [3.63, 3.8) is 0 Å². The summed E-state index contributed by atoms with van der Waals surface area (Å²) >= 11 is 8.10. The normalized spacial score (nSPS) is 18.7. The molecule has 2 rings (SSSR count). The number of imidazole rings is 1. The maximum absolute atomic E-state index is 6.06. The minimum absolute atomic E-state index is 0.628. The average Bonchev–Trinajstić information content (AvgIpc) is 2.61. The molecule has 14 heavy (non-hydrogen) atoms. The van der Waals surface area contributed by atoms with Gasteiger partial charge in [0.2, 0.25) is 0 Å². The lowest BCUT2D eigenvalue weighted by molar-refractivity contribution is 0.556. The van der Waals surface area contributed by atoms with E-state index in [1.54, 1.807) is 6.20 Å². The maximum Gasteiger partial charge on any atom is 0.128 e. The second-order valence-electron chi connectivity index (χ2n) is 3.57. The summed E-state index contributed by atoms with van der Waals surface area (Å²) in [6, 6.07) is 0. The summed E-state index contributed by atoms with van der Waals surface area (Å²) in [6.07, 6.45) is 4.28. The highest BCUT2D eigenvalue weighted by Crippen LogP contribution is 2.31. The van der Waals surface area contributed by atoms with Gasteiger partial charge in [-0.1, -0.05) is 11.6 Å². The number of halogens is 1. The Morgan fingerprint density at radius 2 is 2.29 bits per heavy atom. The Labute approximate surface area is 94.0 Å². The molecular weight excluding hydrogens is 216 g/mol. The van der Waals surface area contributed by atoms with Crippen molar-refractivity contribution in [2.45, 2.75) is 32.2 Å². The van der Waals surface area contributed by atoms with Gasteiger partial charge in [0.05, 0.1) is 6.20 Å². The van der Waals surface area contributed by atoms with Gasteiger partial charge in [-0.2, -0.15) is 11.8 Å². The predicted molar refractivity (Wildman–Crippen MR) is 62.2 cm³/mol. The van der Waals surface area contributed by atoms with Gasteiger partial charge in [0, 0.05) is 12.5 Å². The Kier molecular flexibility index (Phi) is 3.39. The number of hydrogen-bond acceptors (Lipinski definition) is 2. The first-order valence-electron chi connectivity index (χ1n) is 5.11. The van der Waals surface area contributed by atoms with Crippen LogP contribution in [0.25, 0.3) is 0 Å². The number of rotatable bonds is 2. The number of aromatic nitrogens is 2. The summed E-state index contributed by atoms with van der Waals surface area (Å²) in [5.41, 5.74) is 0. The topological polar surface area (TPSA) is 17.8 Å². The van der Waals surface area contributed by atoms with E-state index >= 15 is 0 Å². The van der Waals surface area contributed by atoms with Gasteiger partial charge >= 0.3 is 0 Å². The molecule has 0 bridgehead atoms. The van der Waals surface area contributed by atoms with Crippen LogP contribution in [-0.2, 0) is 6.54 Å². The van der Waals surface area contributed by atoms with Crippen LogP contribution in [0.3, 0.4) is 0 Å². The van der Waals surface area contributed by atoms with Crippen molar-refractivity contribution >= 4 is 23.4 Å². The van der Waals surface area contributed by atoms with Crippen molar-refractivity contribution in [2.24, 2.45) is 0 Å². The molecule has 0 spiro atoms. The Hall–Kier alpha value is -0.150. The summed E-state index contributed by atoms with van der Waals surface area (Å²) in [4.78, 5) is 4.43. The Morgan fingerprint density at radius 1 is 1.57 bits per heavy atom. The predicted octanol–water partition coefficient (Wildman–Crippen LogP) is 3.17. The van der Waals surface area contributed by atoms with E-state index < -0.39 is 0 Å². The maximum atomic E-state index is 6.06. The van der Waals surface area contributed by atoms with E-state index in [1.807, 2.05) is 11.8 Å². The second-order valence-corrected chi connectivity index (χ2v) is 5.18. The zero-order valence-electron chi connectivity index (χ0n) is 8.37. The van der Waals surface area contributed by atoms with Gasteiger partial charge in [0.25, 0.3) is 0 Å². The fraction of sp³-hybridized carbons (Fsp3) is 0.700. The van der Waals surface area contributed by atoms with E-state index in [1.165, 1.54) is 30.2 Å². The molecule has 1 saturated heterocycles. The summed E-state index contributed by atoms with van der Waals surface area (Å²) in [5.74, 6) is 4.35. The number of hydrogen-bond donors (Lipinski definition) is 0. The molecule has 78 valence electrons. The summed E-state index contributed by atoms with van der Waals surface area (Å²) in [5, 5.41) is 0.778. The van der Waals surface area contributed by atoms with Gasteiger partial charge in [-0.05, 0) is 31.3 Å². The molecule has 0 aromatic carbocycles. The van der Waals surface area contributed by atoms with Crippen LogP contribution in [0, 0.1) is 0 Å². The van der Waals surface area contributed by atoms with Gasteiger partial charge in [0.15, 0.2) is 0 Å². The Bertz CT molecular complexity index is 305. The quantitative estimate of drug-likeness (QED) is 0.777. The molecule has 4 heteroatoms. The lowest BCUT2D eigenvalue weighted by Gasteiger charge is -2.21. The zero-order chi connectivity index (χ0) is 9.97. The first kappa shape index (κ1) is 10.4. The monoisotopic (exact) mass is 230 g/mol. The van der Waals surface area contributed by atoms with Gasteiger partial charge < -0.3 is 4.57 Å². The molecule has 0 radical (unpaired) electrons. The van der Waals surface area contributed by atoms with E-state index in [2.05, 4.69) is 16.5 Å². The lowest BCUT2D eigenvalue weighted by atomic mass is 10.0. The average molecular weight is 231 g/mol. The molecule has 1 aliphatic rings. The van der Waals surface area contributed by atoms with Gasteiger partial charge in [-0.15, -0.1) is 0 Å². The summed E-state index contributed by atoms with van der Waals surface area (Å²) in [6.45, 7) is 3.05. The third-order valence-corrected chi connectivity index (χ3v) is 4.09. The molecule has 0 unspecified atom stereocenters. The molecule has 2 heterocycles. The van der Waals surface area contributed by atoms with Crippen molar-refractivity contribution in [3.05, 3.63) is 17.2 Å². The Balaban J connectivity index is 2.21. The fourth-order valence-electron chi connectivity index (χ4n) is 1.96. The van der Waals surface area contributed by atoms with Crippen LogP contribution in [0.2, 0.25) is 5.15 Å². The van der Waals surface area contributed by atoms with Gasteiger partial charge in [0.1, 0.15) is 11.0 Å². The van der Waals surface area contributed by atoms with E-state index in [4.69, 9.17) is 11.6 Å². The molecule has 0 saturated carbocycles. The van der Waals surface area contributed by atoms with Crippen molar-refractivity contribution in [2.75, 3.05) is 11.5 Å². The minimum Gasteiger partial charge on any atom is -0.319 e. The third kappa shape index (κ3) is 1.94. The van der Waals surface area contributed by atoms with Crippen LogP contribution >= 0.6 is 23.4 Å². The van der Waals surface area contributed by atoms with Crippen molar-refractivity contribution in [1.82, 2.24) is 9.55 Å². The number of nitrogens with zero attached hydrogens (tertiary/aromatic N) is 2. The number of thioether (sulfide) groups is 1. The largest absolute Gasteiger partial charge is 0.319 e.